The third-order valence-electron chi connectivity index (χ3n) is 3.13. The average Bonchev–Trinajstić information content (AvgIpc) is 3.03. The van der Waals surface area contributed by atoms with Crippen LogP contribution in [0.5, 0.6) is 0 Å². The van der Waals surface area contributed by atoms with Crippen molar-refractivity contribution in [1.82, 2.24) is 10.2 Å². The fourth-order valence-corrected chi connectivity index (χ4v) is 2.88. The minimum atomic E-state index is 1.08. The minimum Gasteiger partial charge on any atom is -0.315 e. The van der Waals surface area contributed by atoms with Gasteiger partial charge >= 0.3 is 0 Å². The second-order valence-corrected chi connectivity index (χ2v) is 5.66. The summed E-state index contributed by atoms with van der Waals surface area (Å²) in [5.74, 6) is 3.75. The molecule has 0 aromatic heterocycles. The molecule has 2 nitrogen and oxygen atoms in total. The third kappa shape index (κ3) is 4.20. The summed E-state index contributed by atoms with van der Waals surface area (Å²) < 4.78 is 0. The monoisotopic (exact) mass is 214 g/mol. The van der Waals surface area contributed by atoms with E-state index >= 15 is 0 Å². The lowest BCUT2D eigenvalue weighted by Gasteiger charge is -2.26. The molecule has 2 aliphatic rings. The van der Waals surface area contributed by atoms with Crippen LogP contribution in [0.4, 0.5) is 0 Å². The van der Waals surface area contributed by atoms with Crippen LogP contribution in [0.25, 0.3) is 0 Å². The Morgan fingerprint density at radius 3 is 2.64 bits per heavy atom. The van der Waals surface area contributed by atoms with E-state index in [1.807, 2.05) is 0 Å². The van der Waals surface area contributed by atoms with Gasteiger partial charge < -0.3 is 10.2 Å². The normalized spacial score (nSPS) is 24.0. The summed E-state index contributed by atoms with van der Waals surface area (Å²) in [4.78, 5) is 2.58. The topological polar surface area (TPSA) is 15.3 Å². The van der Waals surface area contributed by atoms with E-state index in [9.17, 15) is 0 Å². The maximum atomic E-state index is 3.56. The number of hydrogen-bond donors (Lipinski definition) is 1. The van der Waals surface area contributed by atoms with Gasteiger partial charge in [-0.2, -0.15) is 11.8 Å². The Labute approximate surface area is 91.8 Å². The van der Waals surface area contributed by atoms with Crippen LogP contribution in [0.15, 0.2) is 0 Å². The van der Waals surface area contributed by atoms with Crippen LogP contribution < -0.4 is 5.32 Å². The molecule has 0 spiro atoms. The Hall–Kier alpha value is 0.270. The Balaban J connectivity index is 1.41. The zero-order valence-electron chi connectivity index (χ0n) is 9.00. The van der Waals surface area contributed by atoms with Gasteiger partial charge in [0.25, 0.3) is 0 Å². The van der Waals surface area contributed by atoms with E-state index in [1.54, 1.807) is 0 Å². The Morgan fingerprint density at radius 2 is 1.93 bits per heavy atom. The van der Waals surface area contributed by atoms with E-state index in [4.69, 9.17) is 0 Å². The number of nitrogens with zero attached hydrogens (tertiary/aromatic N) is 1. The number of thioether (sulfide) groups is 1. The summed E-state index contributed by atoms with van der Waals surface area (Å²) in [5.41, 5.74) is 0. The van der Waals surface area contributed by atoms with Crippen LogP contribution in [0, 0.1) is 5.92 Å². The van der Waals surface area contributed by atoms with Gasteiger partial charge in [-0.05, 0) is 18.9 Å². The van der Waals surface area contributed by atoms with Crippen molar-refractivity contribution in [2.24, 2.45) is 5.92 Å². The van der Waals surface area contributed by atoms with Gasteiger partial charge in [0.1, 0.15) is 0 Å². The SMILES string of the molecule is C(CC1CC1)NCCN1CCSCC1. The predicted molar refractivity (Wildman–Crippen MR) is 64.0 cm³/mol. The number of hydrogen-bond acceptors (Lipinski definition) is 3. The second kappa shape index (κ2) is 5.99. The molecular weight excluding hydrogens is 192 g/mol. The highest BCUT2D eigenvalue weighted by Crippen LogP contribution is 2.31. The summed E-state index contributed by atoms with van der Waals surface area (Å²) >= 11 is 2.09. The summed E-state index contributed by atoms with van der Waals surface area (Å²) in [6, 6.07) is 0. The number of rotatable bonds is 6. The molecule has 0 amide bonds. The highest BCUT2D eigenvalue weighted by Gasteiger charge is 2.19. The van der Waals surface area contributed by atoms with E-state index in [0.29, 0.717) is 0 Å². The van der Waals surface area contributed by atoms with Crippen molar-refractivity contribution >= 4 is 11.8 Å². The van der Waals surface area contributed by atoms with Crippen molar-refractivity contribution in [2.45, 2.75) is 19.3 Å². The van der Waals surface area contributed by atoms with E-state index < -0.39 is 0 Å². The molecule has 14 heavy (non-hydrogen) atoms. The first kappa shape index (κ1) is 10.8. The lowest BCUT2D eigenvalue weighted by Crippen LogP contribution is -2.38. The molecule has 0 aromatic carbocycles. The zero-order valence-corrected chi connectivity index (χ0v) is 9.82. The molecule has 0 atom stereocenters. The molecule has 1 aliphatic heterocycles. The van der Waals surface area contributed by atoms with Gasteiger partial charge in [0.2, 0.25) is 0 Å². The van der Waals surface area contributed by atoms with Gasteiger partial charge in [-0.25, -0.2) is 0 Å². The minimum absolute atomic E-state index is 1.08. The maximum Gasteiger partial charge on any atom is 0.0107 e. The number of nitrogens with one attached hydrogen (secondary N) is 1. The van der Waals surface area contributed by atoms with Crippen LogP contribution in [-0.4, -0.2) is 49.1 Å². The second-order valence-electron chi connectivity index (χ2n) is 4.44. The smallest absolute Gasteiger partial charge is 0.0107 e. The Kier molecular flexibility index (Phi) is 4.61. The van der Waals surface area contributed by atoms with Gasteiger partial charge in [-0.3, -0.25) is 0 Å². The largest absolute Gasteiger partial charge is 0.315 e. The predicted octanol–water partition coefficient (Wildman–Crippen LogP) is 1.42. The summed E-state index contributed by atoms with van der Waals surface area (Å²) in [6.07, 6.45) is 4.39. The van der Waals surface area contributed by atoms with Crippen molar-refractivity contribution in [1.29, 1.82) is 0 Å². The molecule has 1 N–H and O–H groups in total. The lowest BCUT2D eigenvalue weighted by molar-refractivity contribution is 0.301. The third-order valence-corrected chi connectivity index (χ3v) is 4.08. The molecule has 3 heteroatoms. The zero-order chi connectivity index (χ0) is 9.64. The van der Waals surface area contributed by atoms with Gasteiger partial charge in [0.15, 0.2) is 0 Å². The highest BCUT2D eigenvalue weighted by molar-refractivity contribution is 7.99. The Morgan fingerprint density at radius 1 is 1.14 bits per heavy atom. The van der Waals surface area contributed by atoms with E-state index in [1.165, 1.54) is 63.5 Å². The van der Waals surface area contributed by atoms with Crippen LogP contribution >= 0.6 is 11.8 Å². The first-order valence-corrected chi connectivity index (χ1v) is 7.11. The van der Waals surface area contributed by atoms with Crippen LogP contribution in [0.3, 0.4) is 0 Å². The summed E-state index contributed by atoms with van der Waals surface area (Å²) in [6.45, 7) is 6.29. The van der Waals surface area contributed by atoms with Crippen molar-refractivity contribution in [3.8, 4) is 0 Å². The van der Waals surface area contributed by atoms with Gasteiger partial charge in [-0.1, -0.05) is 12.8 Å². The molecule has 0 unspecified atom stereocenters. The first-order chi connectivity index (χ1) is 6.95. The lowest BCUT2D eigenvalue weighted by atomic mass is 10.3. The van der Waals surface area contributed by atoms with Crippen molar-refractivity contribution in [3.05, 3.63) is 0 Å². The van der Waals surface area contributed by atoms with Crippen molar-refractivity contribution in [2.75, 3.05) is 44.2 Å². The fourth-order valence-electron chi connectivity index (χ4n) is 1.90. The standard InChI is InChI=1S/C11H22N2S/c1-2-11(1)3-4-12-5-6-13-7-9-14-10-8-13/h11-12H,1-10H2. The van der Waals surface area contributed by atoms with Crippen LogP contribution in [0.1, 0.15) is 19.3 Å². The molecule has 1 saturated heterocycles. The van der Waals surface area contributed by atoms with Crippen LogP contribution in [0.2, 0.25) is 0 Å². The highest BCUT2D eigenvalue weighted by atomic mass is 32.2. The summed E-state index contributed by atoms with van der Waals surface area (Å²) in [5, 5.41) is 3.56. The first-order valence-electron chi connectivity index (χ1n) is 5.96. The van der Waals surface area contributed by atoms with Crippen LogP contribution in [-0.2, 0) is 0 Å². The van der Waals surface area contributed by atoms with E-state index in [2.05, 4.69) is 22.0 Å². The quantitative estimate of drug-likeness (QED) is 0.673. The van der Waals surface area contributed by atoms with E-state index in [0.717, 1.165) is 5.92 Å². The average molecular weight is 214 g/mol. The molecule has 1 aliphatic carbocycles. The molecule has 82 valence electrons. The molecule has 2 rings (SSSR count). The molecule has 0 bridgehead atoms. The molecular formula is C11H22N2S. The molecule has 1 heterocycles. The Bertz CT molecular complexity index is 153. The maximum absolute atomic E-state index is 3.56. The molecule has 1 saturated carbocycles. The summed E-state index contributed by atoms with van der Waals surface area (Å²) in [7, 11) is 0. The molecule has 2 fully saturated rings. The fraction of sp³-hybridized carbons (Fsp3) is 1.00. The van der Waals surface area contributed by atoms with Gasteiger partial charge in [0.05, 0.1) is 0 Å². The van der Waals surface area contributed by atoms with Crippen molar-refractivity contribution < 1.29 is 0 Å². The molecule has 0 radical (unpaired) electrons. The van der Waals surface area contributed by atoms with Gasteiger partial charge in [0, 0.05) is 37.7 Å². The van der Waals surface area contributed by atoms with Gasteiger partial charge in [-0.15, -0.1) is 0 Å². The van der Waals surface area contributed by atoms with E-state index in [-0.39, 0.29) is 0 Å². The molecule has 0 aromatic rings. The van der Waals surface area contributed by atoms with Crippen molar-refractivity contribution in [3.63, 3.8) is 0 Å².